The Bertz CT molecular complexity index is 1680. The zero-order chi connectivity index (χ0) is 30.6. The molecule has 4 rings (SSSR count). The Morgan fingerprint density at radius 2 is 1.37 bits per heavy atom. The van der Waals surface area contributed by atoms with Gasteiger partial charge in [-0.05, 0) is 72.8 Å². The van der Waals surface area contributed by atoms with E-state index in [1.54, 1.807) is 104 Å². The van der Waals surface area contributed by atoms with Gasteiger partial charge in [-0.25, -0.2) is 15.0 Å². The van der Waals surface area contributed by atoms with Gasteiger partial charge in [0.15, 0.2) is 0 Å². The second kappa shape index (κ2) is 14.9. The lowest BCUT2D eigenvalue weighted by atomic mass is 10.2. The van der Waals surface area contributed by atoms with Crippen LogP contribution in [0, 0.1) is 0 Å². The highest BCUT2D eigenvalue weighted by Crippen LogP contribution is 2.22. The van der Waals surface area contributed by atoms with Crippen molar-refractivity contribution in [3.63, 3.8) is 0 Å². The van der Waals surface area contributed by atoms with Crippen molar-refractivity contribution in [3.8, 4) is 11.5 Å². The Balaban J connectivity index is 1.37. The van der Waals surface area contributed by atoms with Gasteiger partial charge < -0.3 is 14.8 Å². The number of ether oxygens (including phenoxy) is 2. The number of hydrazone groups is 1. The summed E-state index contributed by atoms with van der Waals surface area (Å²) in [6.07, 6.45) is 4.38. The molecule has 0 aliphatic heterocycles. The molecule has 2 N–H and O–H groups in total. The number of amides is 2. The quantitative estimate of drug-likeness (QED) is 0.0730. The van der Waals surface area contributed by atoms with Gasteiger partial charge in [0.1, 0.15) is 11.5 Å². The molecule has 0 aliphatic carbocycles. The number of nitrogens with one attached hydrogen (secondary N) is 2. The van der Waals surface area contributed by atoms with Gasteiger partial charge in [0, 0.05) is 39.9 Å². The zero-order valence-electron chi connectivity index (χ0n) is 23.0. The van der Waals surface area contributed by atoms with Crippen LogP contribution < -0.4 is 20.2 Å². The molecule has 0 unspecified atom stereocenters. The van der Waals surface area contributed by atoms with Crippen molar-refractivity contribution >= 4 is 53.3 Å². The maximum atomic E-state index is 12.6. The zero-order valence-corrected chi connectivity index (χ0v) is 23.7. The number of carbonyl (C=O) groups excluding carboxylic acids is 4. The van der Waals surface area contributed by atoms with E-state index in [1.165, 1.54) is 18.4 Å². The van der Waals surface area contributed by atoms with Crippen molar-refractivity contribution < 1.29 is 28.7 Å². The number of hydrogen-bond acceptors (Lipinski definition) is 7. The Morgan fingerprint density at radius 3 is 2.05 bits per heavy atom. The van der Waals surface area contributed by atoms with Gasteiger partial charge in [0.25, 0.3) is 5.91 Å². The first-order valence-electron chi connectivity index (χ1n) is 13.1. The normalized spacial score (nSPS) is 10.8. The molecule has 4 aromatic carbocycles. The number of carbonyl (C=O) groups is 4. The van der Waals surface area contributed by atoms with E-state index >= 15 is 0 Å². The van der Waals surface area contributed by atoms with Crippen LogP contribution in [0.5, 0.6) is 11.5 Å². The highest BCUT2D eigenvalue weighted by atomic mass is 35.5. The van der Waals surface area contributed by atoms with Crippen molar-refractivity contribution in [2.75, 3.05) is 5.32 Å². The molecular formula is C33H26ClN3O6. The number of halogens is 1. The summed E-state index contributed by atoms with van der Waals surface area (Å²) in [6, 6.07) is 26.1. The predicted octanol–water partition coefficient (Wildman–Crippen LogP) is 6.29. The standard InChI is InChI=1S/C33H26ClN3O6/c1-2-30(38)36-27-18-13-23(14-19-27)32(40)37-35-21-25-8-4-6-10-29(25)42-31(39)20-15-22-7-3-5-9-28(22)43-33(41)24-11-16-26(34)17-12-24/h3-21H,2H2,1H3,(H,36,38)(H,37,40)/b20-15+,35-21+. The van der Waals surface area contributed by atoms with E-state index in [1.807, 2.05) is 0 Å². The topological polar surface area (TPSA) is 123 Å². The molecule has 2 amide bonds. The number of rotatable bonds is 10. The third-order valence-corrected chi connectivity index (χ3v) is 6.10. The SMILES string of the molecule is CCC(=O)Nc1ccc(C(=O)N/N=C/c2ccccc2OC(=O)/C=C/c2ccccc2OC(=O)c2ccc(Cl)cc2)cc1. The van der Waals surface area contributed by atoms with Crippen molar-refractivity contribution in [2.24, 2.45) is 5.10 Å². The van der Waals surface area contributed by atoms with Crippen molar-refractivity contribution in [3.05, 3.63) is 130 Å². The lowest BCUT2D eigenvalue weighted by Crippen LogP contribution is -2.18. The van der Waals surface area contributed by atoms with Crippen LogP contribution in [0.4, 0.5) is 5.69 Å². The summed E-state index contributed by atoms with van der Waals surface area (Å²) in [4.78, 5) is 49.1. The van der Waals surface area contributed by atoms with Crippen molar-refractivity contribution in [1.29, 1.82) is 0 Å². The second-order valence-corrected chi connectivity index (χ2v) is 9.34. The summed E-state index contributed by atoms with van der Waals surface area (Å²) < 4.78 is 11.0. The fourth-order valence-electron chi connectivity index (χ4n) is 3.62. The minimum atomic E-state index is -0.682. The van der Waals surface area contributed by atoms with Gasteiger partial charge >= 0.3 is 11.9 Å². The van der Waals surface area contributed by atoms with Crippen LogP contribution in [-0.4, -0.2) is 30.0 Å². The number of hydrogen-bond donors (Lipinski definition) is 2. The van der Waals surface area contributed by atoms with Crippen molar-refractivity contribution in [1.82, 2.24) is 5.43 Å². The summed E-state index contributed by atoms with van der Waals surface area (Å²) >= 11 is 5.88. The molecule has 0 fully saturated rings. The van der Waals surface area contributed by atoms with Crippen LogP contribution >= 0.6 is 11.6 Å². The third kappa shape index (κ3) is 8.97. The lowest BCUT2D eigenvalue weighted by Gasteiger charge is -2.08. The molecule has 0 saturated heterocycles. The Morgan fingerprint density at radius 1 is 0.767 bits per heavy atom. The lowest BCUT2D eigenvalue weighted by molar-refractivity contribution is -0.128. The van der Waals surface area contributed by atoms with Crippen LogP contribution in [0.2, 0.25) is 5.02 Å². The summed E-state index contributed by atoms with van der Waals surface area (Å²) in [5.41, 5.74) is 4.61. The fraction of sp³-hybridized carbons (Fsp3) is 0.0606. The summed E-state index contributed by atoms with van der Waals surface area (Å²) in [5, 5.41) is 7.18. The highest BCUT2D eigenvalue weighted by molar-refractivity contribution is 6.30. The molecule has 0 aliphatic rings. The van der Waals surface area contributed by atoms with E-state index < -0.39 is 17.8 Å². The molecule has 0 heterocycles. The Kier molecular flexibility index (Phi) is 10.5. The molecule has 216 valence electrons. The molecular weight excluding hydrogens is 570 g/mol. The molecule has 0 saturated carbocycles. The van der Waals surface area contributed by atoms with E-state index in [-0.39, 0.29) is 17.4 Å². The van der Waals surface area contributed by atoms with Crippen LogP contribution in [0.1, 0.15) is 45.2 Å². The second-order valence-electron chi connectivity index (χ2n) is 8.90. The van der Waals surface area contributed by atoms with Gasteiger partial charge in [-0.3, -0.25) is 9.59 Å². The van der Waals surface area contributed by atoms with Crippen molar-refractivity contribution in [2.45, 2.75) is 13.3 Å². The number of nitrogens with zero attached hydrogens (tertiary/aromatic N) is 1. The summed E-state index contributed by atoms with van der Waals surface area (Å²) in [7, 11) is 0. The Hall–Kier alpha value is -5.54. The van der Waals surface area contributed by atoms with Gasteiger partial charge in [0.2, 0.25) is 5.91 Å². The van der Waals surface area contributed by atoms with E-state index in [0.29, 0.717) is 39.4 Å². The average Bonchev–Trinajstić information content (AvgIpc) is 3.02. The smallest absolute Gasteiger partial charge is 0.343 e. The number of benzene rings is 4. The number of esters is 2. The molecule has 0 atom stereocenters. The summed E-state index contributed by atoms with van der Waals surface area (Å²) in [5.74, 6) is -1.37. The fourth-order valence-corrected chi connectivity index (χ4v) is 3.74. The van der Waals surface area contributed by atoms with E-state index in [9.17, 15) is 19.2 Å². The minimum Gasteiger partial charge on any atom is -0.423 e. The van der Waals surface area contributed by atoms with Gasteiger partial charge in [-0.15, -0.1) is 0 Å². The van der Waals surface area contributed by atoms with Crippen LogP contribution in [0.3, 0.4) is 0 Å². The minimum absolute atomic E-state index is 0.128. The monoisotopic (exact) mass is 595 g/mol. The molecule has 43 heavy (non-hydrogen) atoms. The van der Waals surface area contributed by atoms with Crippen LogP contribution in [0.15, 0.2) is 108 Å². The van der Waals surface area contributed by atoms with Crippen LogP contribution in [-0.2, 0) is 9.59 Å². The highest BCUT2D eigenvalue weighted by Gasteiger charge is 2.12. The number of para-hydroxylation sites is 2. The molecule has 0 spiro atoms. The van der Waals surface area contributed by atoms with Gasteiger partial charge in [-0.1, -0.05) is 48.9 Å². The molecule has 0 aromatic heterocycles. The van der Waals surface area contributed by atoms with Gasteiger partial charge in [0.05, 0.1) is 11.8 Å². The molecule has 0 bridgehead atoms. The third-order valence-electron chi connectivity index (χ3n) is 5.85. The first-order valence-corrected chi connectivity index (χ1v) is 13.5. The average molecular weight is 596 g/mol. The maximum Gasteiger partial charge on any atom is 0.343 e. The first kappa shape index (κ1) is 30.4. The Labute approximate surface area is 252 Å². The summed E-state index contributed by atoms with van der Waals surface area (Å²) in [6.45, 7) is 1.75. The van der Waals surface area contributed by atoms with Crippen LogP contribution in [0.25, 0.3) is 6.08 Å². The molecule has 9 nitrogen and oxygen atoms in total. The van der Waals surface area contributed by atoms with E-state index in [4.69, 9.17) is 21.1 Å². The first-order chi connectivity index (χ1) is 20.8. The number of anilines is 1. The molecule has 0 radical (unpaired) electrons. The predicted molar refractivity (Wildman–Crippen MR) is 164 cm³/mol. The van der Waals surface area contributed by atoms with Gasteiger partial charge in [-0.2, -0.15) is 5.10 Å². The largest absolute Gasteiger partial charge is 0.423 e. The van der Waals surface area contributed by atoms with E-state index in [0.717, 1.165) is 0 Å². The maximum absolute atomic E-state index is 12.6. The molecule has 4 aromatic rings. The molecule has 10 heteroatoms. The van der Waals surface area contributed by atoms with E-state index in [2.05, 4.69) is 15.8 Å².